The van der Waals surface area contributed by atoms with Gasteiger partial charge in [0.2, 0.25) is 0 Å². The van der Waals surface area contributed by atoms with Gasteiger partial charge >= 0.3 is 0 Å². The van der Waals surface area contributed by atoms with Gasteiger partial charge in [-0.2, -0.15) is 0 Å². The van der Waals surface area contributed by atoms with Crippen molar-refractivity contribution in [1.82, 2.24) is 0 Å². The van der Waals surface area contributed by atoms with Gasteiger partial charge in [0.1, 0.15) is 11.5 Å². The maximum absolute atomic E-state index is 9.47. The third-order valence-corrected chi connectivity index (χ3v) is 3.22. The van der Waals surface area contributed by atoms with E-state index in [1.165, 1.54) is 11.8 Å². The van der Waals surface area contributed by atoms with E-state index in [0.29, 0.717) is 11.4 Å². The zero-order valence-corrected chi connectivity index (χ0v) is 9.74. The van der Waals surface area contributed by atoms with Crippen LogP contribution in [0.15, 0.2) is 46.2 Å². The maximum atomic E-state index is 9.47. The van der Waals surface area contributed by atoms with Crippen LogP contribution in [-0.4, -0.2) is 10.2 Å². The monoisotopic (exact) mass is 248 g/mol. The van der Waals surface area contributed by atoms with Crippen LogP contribution in [0.1, 0.15) is 0 Å². The van der Waals surface area contributed by atoms with Gasteiger partial charge in [-0.15, -0.1) is 0 Å². The van der Waals surface area contributed by atoms with Crippen LogP contribution < -0.4 is 11.5 Å². The highest BCUT2D eigenvalue weighted by molar-refractivity contribution is 7.99. The largest absolute Gasteiger partial charge is 0.506 e. The number of anilines is 2. The number of nitrogen functional groups attached to an aromatic ring is 2. The molecule has 6 N–H and O–H groups in total. The zero-order valence-electron chi connectivity index (χ0n) is 8.92. The molecule has 0 heterocycles. The molecule has 2 rings (SSSR count). The van der Waals surface area contributed by atoms with Crippen LogP contribution in [-0.2, 0) is 0 Å². The molecule has 0 aliphatic carbocycles. The number of aromatic hydroxyl groups is 2. The minimum atomic E-state index is 0.0506. The standard InChI is InChI=1S/C12H12N2O2S/c13-9-3-1-7(5-11(9)15)17-8-2-4-10(14)12(16)6-8/h1-6,15-16H,13-14H2. The van der Waals surface area contributed by atoms with Crippen molar-refractivity contribution in [1.29, 1.82) is 0 Å². The van der Waals surface area contributed by atoms with Gasteiger partial charge in [-0.25, -0.2) is 0 Å². The number of hydrogen-bond donors (Lipinski definition) is 4. The molecule has 2 aromatic rings. The molecular formula is C12H12N2O2S. The molecule has 5 heteroatoms. The fourth-order valence-corrected chi connectivity index (χ4v) is 2.20. The van der Waals surface area contributed by atoms with Gasteiger partial charge in [0, 0.05) is 9.79 Å². The normalized spacial score (nSPS) is 10.4. The van der Waals surface area contributed by atoms with Gasteiger partial charge in [0.05, 0.1) is 11.4 Å². The first-order valence-corrected chi connectivity index (χ1v) is 5.73. The third kappa shape index (κ3) is 2.57. The van der Waals surface area contributed by atoms with Crippen LogP contribution in [0.3, 0.4) is 0 Å². The van der Waals surface area contributed by atoms with Crippen LogP contribution in [0.4, 0.5) is 11.4 Å². The van der Waals surface area contributed by atoms with Gasteiger partial charge in [0.15, 0.2) is 0 Å². The zero-order chi connectivity index (χ0) is 12.4. The molecule has 0 bridgehead atoms. The van der Waals surface area contributed by atoms with E-state index >= 15 is 0 Å². The minimum absolute atomic E-state index is 0.0506. The first-order valence-electron chi connectivity index (χ1n) is 4.91. The number of phenols is 2. The summed E-state index contributed by atoms with van der Waals surface area (Å²) in [5, 5.41) is 18.9. The molecule has 0 saturated carbocycles. The Morgan fingerprint density at radius 1 is 0.765 bits per heavy atom. The molecule has 0 aliphatic heterocycles. The summed E-state index contributed by atoms with van der Waals surface area (Å²) in [6.07, 6.45) is 0. The molecule has 0 saturated heterocycles. The first kappa shape index (κ1) is 11.5. The molecule has 0 radical (unpaired) electrons. The Hall–Kier alpha value is -2.01. The lowest BCUT2D eigenvalue weighted by Crippen LogP contribution is -1.86. The summed E-state index contributed by atoms with van der Waals surface area (Å²) in [4.78, 5) is 1.67. The molecule has 0 atom stereocenters. The van der Waals surface area contributed by atoms with E-state index in [1.807, 2.05) is 0 Å². The Bertz CT molecular complexity index is 509. The number of nitrogens with two attached hydrogens (primary N) is 2. The average Bonchev–Trinajstić information content (AvgIpc) is 2.29. The Balaban J connectivity index is 2.25. The summed E-state index contributed by atoms with van der Waals surface area (Å²) in [5.41, 5.74) is 11.7. The topological polar surface area (TPSA) is 92.5 Å². The maximum Gasteiger partial charge on any atom is 0.139 e. The van der Waals surface area contributed by atoms with E-state index < -0.39 is 0 Å². The highest BCUT2D eigenvalue weighted by Crippen LogP contribution is 2.35. The highest BCUT2D eigenvalue weighted by Gasteiger charge is 2.03. The van der Waals surface area contributed by atoms with Crippen LogP contribution in [0.2, 0.25) is 0 Å². The molecule has 0 spiro atoms. The number of phenolic OH excluding ortho intramolecular Hbond substituents is 2. The SMILES string of the molecule is Nc1ccc(Sc2ccc(N)c(O)c2)cc1O. The van der Waals surface area contributed by atoms with Crippen molar-refractivity contribution >= 4 is 23.1 Å². The lowest BCUT2D eigenvalue weighted by molar-refractivity contribution is 0.476. The molecule has 0 aromatic heterocycles. The molecule has 0 unspecified atom stereocenters. The predicted octanol–water partition coefficient (Wildman–Crippen LogP) is 2.41. The van der Waals surface area contributed by atoms with Crippen molar-refractivity contribution in [3.63, 3.8) is 0 Å². The van der Waals surface area contributed by atoms with Gasteiger partial charge in [-0.05, 0) is 36.4 Å². The fourth-order valence-electron chi connectivity index (χ4n) is 1.31. The summed E-state index contributed by atoms with van der Waals surface area (Å²) in [7, 11) is 0. The molecule has 4 nitrogen and oxygen atoms in total. The van der Waals surface area contributed by atoms with Crippen LogP contribution in [0.25, 0.3) is 0 Å². The summed E-state index contributed by atoms with van der Waals surface area (Å²) in [5.74, 6) is 0.101. The van der Waals surface area contributed by atoms with Crippen LogP contribution >= 0.6 is 11.8 Å². The molecule has 2 aromatic carbocycles. The number of benzene rings is 2. The van der Waals surface area contributed by atoms with Crippen molar-refractivity contribution < 1.29 is 10.2 Å². The fraction of sp³-hybridized carbons (Fsp3) is 0. The molecule has 0 aliphatic rings. The summed E-state index contributed by atoms with van der Waals surface area (Å²) < 4.78 is 0. The average molecular weight is 248 g/mol. The van der Waals surface area contributed by atoms with E-state index in [-0.39, 0.29) is 11.5 Å². The predicted molar refractivity (Wildman–Crippen MR) is 69.2 cm³/mol. The first-order chi connectivity index (χ1) is 8.06. The lowest BCUT2D eigenvalue weighted by atomic mass is 10.3. The Morgan fingerprint density at radius 3 is 1.53 bits per heavy atom. The van der Waals surface area contributed by atoms with E-state index in [0.717, 1.165) is 9.79 Å². The molecule has 0 fully saturated rings. The van der Waals surface area contributed by atoms with Crippen molar-refractivity contribution in [2.45, 2.75) is 9.79 Å². The number of hydrogen-bond acceptors (Lipinski definition) is 5. The van der Waals surface area contributed by atoms with E-state index in [4.69, 9.17) is 11.5 Å². The quantitative estimate of drug-likeness (QED) is 0.484. The van der Waals surface area contributed by atoms with Crippen molar-refractivity contribution in [3.8, 4) is 11.5 Å². The van der Waals surface area contributed by atoms with Crippen molar-refractivity contribution in [3.05, 3.63) is 36.4 Å². The van der Waals surface area contributed by atoms with E-state index in [2.05, 4.69) is 0 Å². The van der Waals surface area contributed by atoms with E-state index in [9.17, 15) is 10.2 Å². The lowest BCUT2D eigenvalue weighted by Gasteiger charge is -2.05. The molecular weight excluding hydrogens is 236 g/mol. The summed E-state index contributed by atoms with van der Waals surface area (Å²) in [6.45, 7) is 0. The smallest absolute Gasteiger partial charge is 0.139 e. The number of rotatable bonds is 2. The molecule has 17 heavy (non-hydrogen) atoms. The summed E-state index contributed by atoms with van der Waals surface area (Å²) >= 11 is 1.40. The molecule has 88 valence electrons. The van der Waals surface area contributed by atoms with Crippen molar-refractivity contribution in [2.24, 2.45) is 0 Å². The second kappa shape index (κ2) is 4.47. The second-order valence-electron chi connectivity index (χ2n) is 3.54. The minimum Gasteiger partial charge on any atom is -0.506 e. The highest BCUT2D eigenvalue weighted by atomic mass is 32.2. The van der Waals surface area contributed by atoms with Gasteiger partial charge < -0.3 is 21.7 Å². The second-order valence-corrected chi connectivity index (χ2v) is 4.69. The Morgan fingerprint density at radius 2 is 1.18 bits per heavy atom. The molecule has 0 amide bonds. The van der Waals surface area contributed by atoms with Crippen LogP contribution in [0, 0.1) is 0 Å². The third-order valence-electron chi connectivity index (χ3n) is 2.24. The van der Waals surface area contributed by atoms with Gasteiger partial charge in [-0.1, -0.05) is 11.8 Å². The van der Waals surface area contributed by atoms with Gasteiger partial charge in [0.25, 0.3) is 0 Å². The van der Waals surface area contributed by atoms with E-state index in [1.54, 1.807) is 36.4 Å². The Labute approximate surface area is 103 Å². The van der Waals surface area contributed by atoms with Crippen molar-refractivity contribution in [2.75, 3.05) is 11.5 Å². The van der Waals surface area contributed by atoms with Crippen LogP contribution in [0.5, 0.6) is 11.5 Å². The van der Waals surface area contributed by atoms with Gasteiger partial charge in [-0.3, -0.25) is 0 Å². The summed E-state index contributed by atoms with van der Waals surface area (Å²) in [6, 6.07) is 10.0. The Kier molecular flexibility index (Phi) is 3.01.